The van der Waals surface area contributed by atoms with Crippen LogP contribution in [0.3, 0.4) is 0 Å². The number of rotatable bonds is 6. The molecule has 1 aromatic carbocycles. The van der Waals surface area contributed by atoms with Crippen LogP contribution >= 0.6 is 0 Å². The second-order valence-electron chi connectivity index (χ2n) is 3.95. The molecule has 0 saturated heterocycles. The highest BCUT2D eigenvalue weighted by atomic mass is 32.2. The third-order valence-electron chi connectivity index (χ3n) is 2.17. The Bertz CT molecular complexity index is 591. The number of hydrogen-bond acceptors (Lipinski definition) is 5. The van der Waals surface area contributed by atoms with Crippen molar-refractivity contribution in [3.8, 4) is 0 Å². The van der Waals surface area contributed by atoms with Crippen LogP contribution in [0.4, 0.5) is 5.69 Å². The fraction of sp³-hybridized carbons (Fsp3) is 0.400. The van der Waals surface area contributed by atoms with Gasteiger partial charge < -0.3 is 5.73 Å². The average molecular weight is 292 g/mol. The summed E-state index contributed by atoms with van der Waals surface area (Å²) in [6.07, 6.45) is 1.36. The normalized spacial score (nSPS) is 12.5. The topological polar surface area (TPSA) is 106 Å². The molecule has 0 atom stereocenters. The van der Waals surface area contributed by atoms with Crippen molar-refractivity contribution < 1.29 is 16.8 Å². The van der Waals surface area contributed by atoms with Crippen LogP contribution in [0.5, 0.6) is 0 Å². The van der Waals surface area contributed by atoms with E-state index >= 15 is 0 Å². The van der Waals surface area contributed by atoms with E-state index in [1.54, 1.807) is 0 Å². The van der Waals surface area contributed by atoms with Crippen LogP contribution in [-0.4, -0.2) is 35.4 Å². The number of nitrogens with two attached hydrogens (primary N) is 1. The van der Waals surface area contributed by atoms with Gasteiger partial charge in [0.25, 0.3) is 0 Å². The quantitative estimate of drug-likeness (QED) is 0.566. The summed E-state index contributed by atoms with van der Waals surface area (Å²) in [7, 11) is -6.66. The molecule has 0 radical (unpaired) electrons. The summed E-state index contributed by atoms with van der Waals surface area (Å²) < 4.78 is 47.6. The molecule has 0 bridgehead atoms. The molecular weight excluding hydrogens is 276 g/mol. The Morgan fingerprint density at radius 3 is 2.17 bits per heavy atom. The second kappa shape index (κ2) is 5.68. The Hall–Kier alpha value is -1.12. The van der Waals surface area contributed by atoms with E-state index in [1.165, 1.54) is 24.3 Å². The van der Waals surface area contributed by atoms with Crippen LogP contribution in [0.1, 0.15) is 6.42 Å². The van der Waals surface area contributed by atoms with Crippen LogP contribution in [-0.2, 0) is 19.9 Å². The fourth-order valence-electron chi connectivity index (χ4n) is 1.27. The highest BCUT2D eigenvalue weighted by molar-refractivity contribution is 7.90. The number of anilines is 1. The molecule has 1 rings (SSSR count). The summed E-state index contributed by atoms with van der Waals surface area (Å²) in [5.41, 5.74) is 5.94. The standard InChI is InChI=1S/C10H16N2O4S2/c1-17(13,14)8-2-7-12-18(15,16)10-5-3-9(11)4-6-10/h3-6,12H,2,7-8,11H2,1H3. The van der Waals surface area contributed by atoms with Crippen LogP contribution in [0.2, 0.25) is 0 Å². The Morgan fingerprint density at radius 2 is 1.67 bits per heavy atom. The molecule has 3 N–H and O–H groups in total. The van der Waals surface area contributed by atoms with Crippen molar-refractivity contribution in [3.63, 3.8) is 0 Å². The molecule has 6 nitrogen and oxygen atoms in total. The lowest BCUT2D eigenvalue weighted by Gasteiger charge is -2.06. The van der Waals surface area contributed by atoms with E-state index in [9.17, 15) is 16.8 Å². The first kappa shape index (κ1) is 14.9. The van der Waals surface area contributed by atoms with E-state index in [4.69, 9.17) is 5.73 Å². The van der Waals surface area contributed by atoms with E-state index in [2.05, 4.69) is 4.72 Å². The molecule has 8 heteroatoms. The molecule has 0 saturated carbocycles. The maximum absolute atomic E-state index is 11.8. The third-order valence-corrected chi connectivity index (χ3v) is 4.68. The van der Waals surface area contributed by atoms with Crippen molar-refractivity contribution in [1.82, 2.24) is 4.72 Å². The molecule has 0 aliphatic heterocycles. The zero-order valence-corrected chi connectivity index (χ0v) is 11.6. The monoisotopic (exact) mass is 292 g/mol. The Morgan fingerprint density at radius 1 is 1.11 bits per heavy atom. The van der Waals surface area contributed by atoms with E-state index in [-0.39, 0.29) is 23.6 Å². The molecule has 0 aliphatic rings. The van der Waals surface area contributed by atoms with Gasteiger partial charge in [-0.1, -0.05) is 0 Å². The van der Waals surface area contributed by atoms with Gasteiger partial charge in [-0.3, -0.25) is 0 Å². The van der Waals surface area contributed by atoms with E-state index in [0.29, 0.717) is 5.69 Å². The van der Waals surface area contributed by atoms with Crippen molar-refractivity contribution >= 4 is 25.5 Å². The Balaban J connectivity index is 2.58. The van der Waals surface area contributed by atoms with Gasteiger partial charge >= 0.3 is 0 Å². The highest BCUT2D eigenvalue weighted by Gasteiger charge is 2.13. The van der Waals surface area contributed by atoms with Crippen molar-refractivity contribution in [1.29, 1.82) is 0 Å². The largest absolute Gasteiger partial charge is 0.399 e. The minimum Gasteiger partial charge on any atom is -0.399 e. The molecule has 0 aliphatic carbocycles. The van der Waals surface area contributed by atoms with E-state index in [1.807, 2.05) is 0 Å². The van der Waals surface area contributed by atoms with Crippen LogP contribution in [0, 0.1) is 0 Å². The molecule has 0 unspecified atom stereocenters. The fourth-order valence-corrected chi connectivity index (χ4v) is 3.01. The molecule has 1 aromatic rings. The molecular formula is C10H16N2O4S2. The minimum absolute atomic E-state index is 0.0444. The van der Waals surface area contributed by atoms with Gasteiger partial charge in [0.1, 0.15) is 9.84 Å². The first-order valence-electron chi connectivity index (χ1n) is 5.24. The number of sulfone groups is 1. The zero-order valence-electron chi connectivity index (χ0n) is 9.96. The molecule has 0 heterocycles. The lowest BCUT2D eigenvalue weighted by Crippen LogP contribution is -2.26. The smallest absolute Gasteiger partial charge is 0.240 e. The van der Waals surface area contributed by atoms with Crippen LogP contribution in [0.15, 0.2) is 29.2 Å². The molecule has 102 valence electrons. The summed E-state index contributed by atoms with van der Waals surface area (Å²) in [5.74, 6) is -0.0444. The van der Waals surface area contributed by atoms with Crippen LogP contribution < -0.4 is 10.5 Å². The summed E-state index contributed by atoms with van der Waals surface area (Å²) in [5, 5.41) is 0. The van der Waals surface area contributed by atoms with Crippen molar-refractivity contribution in [2.75, 3.05) is 24.3 Å². The van der Waals surface area contributed by atoms with E-state index in [0.717, 1.165) is 6.26 Å². The van der Waals surface area contributed by atoms with Gasteiger partial charge in [0, 0.05) is 18.5 Å². The number of benzene rings is 1. The molecule has 0 spiro atoms. The third kappa shape index (κ3) is 5.03. The van der Waals surface area contributed by atoms with Gasteiger partial charge in [0.15, 0.2) is 0 Å². The van der Waals surface area contributed by atoms with Crippen molar-refractivity contribution in [2.45, 2.75) is 11.3 Å². The lowest BCUT2D eigenvalue weighted by atomic mass is 10.3. The number of sulfonamides is 1. The lowest BCUT2D eigenvalue weighted by molar-refractivity contribution is 0.577. The Labute approximate surface area is 107 Å². The predicted molar refractivity (Wildman–Crippen MR) is 70.4 cm³/mol. The van der Waals surface area contributed by atoms with Crippen LogP contribution in [0.25, 0.3) is 0 Å². The first-order chi connectivity index (χ1) is 8.21. The predicted octanol–water partition coefficient (Wildman–Crippen LogP) is -0.0182. The molecule has 18 heavy (non-hydrogen) atoms. The maximum Gasteiger partial charge on any atom is 0.240 e. The zero-order chi connectivity index (χ0) is 13.8. The van der Waals surface area contributed by atoms with Gasteiger partial charge in [0.2, 0.25) is 10.0 Å². The molecule has 0 amide bonds. The summed E-state index contributed by atoms with van der Waals surface area (Å²) >= 11 is 0. The number of nitrogens with one attached hydrogen (secondary N) is 1. The average Bonchev–Trinajstić information content (AvgIpc) is 2.24. The second-order valence-corrected chi connectivity index (χ2v) is 7.98. The minimum atomic E-state index is -3.60. The number of hydrogen-bond donors (Lipinski definition) is 2. The van der Waals surface area contributed by atoms with E-state index < -0.39 is 19.9 Å². The summed E-state index contributed by atoms with van der Waals surface area (Å²) in [6.45, 7) is 0.0831. The molecule has 0 fully saturated rings. The highest BCUT2D eigenvalue weighted by Crippen LogP contribution is 2.11. The van der Waals surface area contributed by atoms with Gasteiger partial charge in [-0.15, -0.1) is 0 Å². The SMILES string of the molecule is CS(=O)(=O)CCCNS(=O)(=O)c1ccc(N)cc1. The number of nitrogen functional groups attached to an aromatic ring is 1. The van der Waals surface area contributed by atoms with Gasteiger partial charge in [-0.2, -0.15) is 0 Å². The van der Waals surface area contributed by atoms with Crippen molar-refractivity contribution in [3.05, 3.63) is 24.3 Å². The van der Waals surface area contributed by atoms with Crippen molar-refractivity contribution in [2.24, 2.45) is 0 Å². The summed E-state index contributed by atoms with van der Waals surface area (Å²) in [6, 6.07) is 5.78. The van der Waals surface area contributed by atoms with Gasteiger partial charge in [-0.05, 0) is 30.7 Å². The first-order valence-corrected chi connectivity index (χ1v) is 8.78. The van der Waals surface area contributed by atoms with Gasteiger partial charge in [-0.25, -0.2) is 21.6 Å². The molecule has 0 aromatic heterocycles. The van der Waals surface area contributed by atoms with Gasteiger partial charge in [0.05, 0.1) is 10.6 Å². The Kier molecular flexibility index (Phi) is 4.71. The maximum atomic E-state index is 11.8. The summed E-state index contributed by atoms with van der Waals surface area (Å²) in [4.78, 5) is 0.107.